The van der Waals surface area contributed by atoms with Crippen LogP contribution in [0.1, 0.15) is 6.92 Å². The van der Waals surface area contributed by atoms with Crippen LogP contribution in [0, 0.1) is 0 Å². The summed E-state index contributed by atoms with van der Waals surface area (Å²) in [5, 5.41) is 4.02. The number of hydrogen-bond donors (Lipinski definition) is 0. The van der Waals surface area contributed by atoms with E-state index >= 15 is 0 Å². The van der Waals surface area contributed by atoms with Gasteiger partial charge in [-0.1, -0.05) is 0 Å². The maximum atomic E-state index is 12.4. The Morgan fingerprint density at radius 1 is 0.900 bits per heavy atom. The summed E-state index contributed by atoms with van der Waals surface area (Å²) < 4.78 is 7.86. The van der Waals surface area contributed by atoms with Crippen molar-refractivity contribution in [3.8, 4) is 11.4 Å². The van der Waals surface area contributed by atoms with Gasteiger partial charge in [0.1, 0.15) is 18.6 Å². The van der Waals surface area contributed by atoms with E-state index < -0.39 is 0 Å². The van der Waals surface area contributed by atoms with Crippen LogP contribution in [-0.2, 0) is 11.3 Å². The molecule has 2 heterocycles. The number of hydrogen-bond acceptors (Lipinski definition) is 6. The van der Waals surface area contributed by atoms with Gasteiger partial charge in [-0.2, -0.15) is 5.10 Å². The van der Waals surface area contributed by atoms with E-state index in [4.69, 9.17) is 4.74 Å². The number of aromatic nitrogens is 3. The Morgan fingerprint density at radius 3 is 1.90 bits per heavy atom. The molecule has 0 spiro atoms. The summed E-state index contributed by atoms with van der Waals surface area (Å²) in [4.78, 5) is 28.3. The maximum Gasteiger partial charge on any atom is 0.350 e. The van der Waals surface area contributed by atoms with Crippen molar-refractivity contribution in [3.05, 3.63) is 65.3 Å². The molecule has 30 heavy (non-hydrogen) atoms. The van der Waals surface area contributed by atoms with Crippen LogP contribution in [0.25, 0.3) is 5.69 Å². The van der Waals surface area contributed by atoms with Gasteiger partial charge in [0.15, 0.2) is 5.78 Å². The first-order valence-corrected chi connectivity index (χ1v) is 9.93. The van der Waals surface area contributed by atoms with E-state index in [0.717, 1.165) is 43.3 Å². The molecule has 2 aromatic carbocycles. The molecule has 1 saturated heterocycles. The minimum atomic E-state index is -0.314. The van der Waals surface area contributed by atoms with Crippen molar-refractivity contribution in [2.24, 2.45) is 0 Å². The average Bonchev–Trinajstić information content (AvgIpc) is 3.13. The number of benzene rings is 2. The number of ether oxygens (including phenoxy) is 1. The summed E-state index contributed by atoms with van der Waals surface area (Å²) in [6.45, 7) is 5.14. The lowest BCUT2D eigenvalue weighted by molar-refractivity contribution is -0.117. The molecule has 1 fully saturated rings. The van der Waals surface area contributed by atoms with Gasteiger partial charge in [0.05, 0.1) is 12.8 Å². The molecule has 156 valence electrons. The average molecular weight is 407 g/mol. The summed E-state index contributed by atoms with van der Waals surface area (Å²) in [6.07, 6.45) is 1.45. The fourth-order valence-electron chi connectivity index (χ4n) is 3.67. The number of nitrogens with zero attached hydrogens (tertiary/aromatic N) is 5. The van der Waals surface area contributed by atoms with Crippen molar-refractivity contribution in [3.63, 3.8) is 0 Å². The second kappa shape index (κ2) is 8.44. The van der Waals surface area contributed by atoms with E-state index in [1.54, 1.807) is 7.11 Å². The van der Waals surface area contributed by atoms with Crippen LogP contribution in [0.5, 0.6) is 5.75 Å². The predicted molar refractivity (Wildman–Crippen MR) is 116 cm³/mol. The normalized spacial score (nSPS) is 14.1. The van der Waals surface area contributed by atoms with E-state index in [9.17, 15) is 9.59 Å². The summed E-state index contributed by atoms with van der Waals surface area (Å²) in [5.74, 6) is 0.759. The van der Waals surface area contributed by atoms with Gasteiger partial charge in [0, 0.05) is 37.6 Å². The Kier molecular flexibility index (Phi) is 5.56. The number of methoxy groups -OCH3 is 1. The van der Waals surface area contributed by atoms with Gasteiger partial charge in [-0.3, -0.25) is 4.79 Å². The molecule has 8 heteroatoms. The number of carbonyl (C=O) groups is 1. The lowest BCUT2D eigenvalue weighted by atomic mass is 10.2. The smallest absolute Gasteiger partial charge is 0.350 e. The van der Waals surface area contributed by atoms with Crippen molar-refractivity contribution < 1.29 is 9.53 Å². The second-order valence-electron chi connectivity index (χ2n) is 7.33. The van der Waals surface area contributed by atoms with E-state index in [1.165, 1.54) is 28.2 Å². The number of Topliss-reactive ketones (excluding diaryl/α,β-unsaturated/α-hetero) is 1. The van der Waals surface area contributed by atoms with Gasteiger partial charge < -0.3 is 14.5 Å². The van der Waals surface area contributed by atoms with Gasteiger partial charge in [-0.15, -0.1) is 0 Å². The molecule has 0 unspecified atom stereocenters. The third kappa shape index (κ3) is 4.07. The molecule has 0 bridgehead atoms. The number of piperazine rings is 1. The SMILES string of the molecule is COc1ccc(N2CCN(c3ccc(-n4cnn(CC(C)=O)c4=O)cc3)CC2)cc1. The highest BCUT2D eigenvalue weighted by Gasteiger charge is 2.18. The van der Waals surface area contributed by atoms with Crippen LogP contribution in [0.3, 0.4) is 0 Å². The number of carbonyl (C=O) groups excluding carboxylic acids is 1. The molecule has 4 rings (SSSR count). The molecule has 0 atom stereocenters. The quantitative estimate of drug-likeness (QED) is 0.622. The van der Waals surface area contributed by atoms with Crippen LogP contribution < -0.4 is 20.2 Å². The maximum absolute atomic E-state index is 12.4. The Bertz CT molecular complexity index is 1060. The zero-order valence-electron chi connectivity index (χ0n) is 17.2. The topological polar surface area (TPSA) is 72.6 Å². The molecular formula is C22H25N5O3. The van der Waals surface area contributed by atoms with Crippen molar-refractivity contribution in [1.82, 2.24) is 14.3 Å². The first-order valence-electron chi connectivity index (χ1n) is 9.93. The van der Waals surface area contributed by atoms with Crippen molar-refractivity contribution in [2.45, 2.75) is 13.5 Å². The van der Waals surface area contributed by atoms with Crippen LogP contribution in [0.2, 0.25) is 0 Å². The summed E-state index contributed by atoms with van der Waals surface area (Å²) in [7, 11) is 1.67. The van der Waals surface area contributed by atoms with Gasteiger partial charge in [0.2, 0.25) is 0 Å². The van der Waals surface area contributed by atoms with E-state index in [0.29, 0.717) is 0 Å². The third-order valence-corrected chi connectivity index (χ3v) is 5.32. The van der Waals surface area contributed by atoms with Crippen molar-refractivity contribution >= 4 is 17.2 Å². The number of rotatable bonds is 6. The molecule has 0 N–H and O–H groups in total. The summed E-state index contributed by atoms with van der Waals surface area (Å²) >= 11 is 0. The molecule has 0 amide bonds. The van der Waals surface area contributed by atoms with Gasteiger partial charge in [-0.25, -0.2) is 14.0 Å². The van der Waals surface area contributed by atoms with Crippen LogP contribution in [-0.4, -0.2) is 53.4 Å². The molecular weight excluding hydrogens is 382 g/mol. The van der Waals surface area contributed by atoms with E-state index in [-0.39, 0.29) is 18.0 Å². The molecule has 1 aliphatic heterocycles. The fourth-order valence-corrected chi connectivity index (χ4v) is 3.67. The lowest BCUT2D eigenvalue weighted by Crippen LogP contribution is -2.46. The molecule has 0 radical (unpaired) electrons. The van der Waals surface area contributed by atoms with Gasteiger partial charge in [-0.05, 0) is 55.5 Å². The van der Waals surface area contributed by atoms with Crippen molar-refractivity contribution in [2.75, 3.05) is 43.1 Å². The predicted octanol–water partition coefficient (Wildman–Crippen LogP) is 1.96. The Hall–Kier alpha value is -3.55. The minimum Gasteiger partial charge on any atom is -0.497 e. The Morgan fingerprint density at radius 2 is 1.40 bits per heavy atom. The summed E-state index contributed by atoms with van der Waals surface area (Å²) in [6, 6.07) is 16.0. The van der Waals surface area contributed by atoms with E-state index in [2.05, 4.69) is 27.0 Å². The number of anilines is 2. The van der Waals surface area contributed by atoms with E-state index in [1.807, 2.05) is 36.4 Å². The monoisotopic (exact) mass is 407 g/mol. The standard InChI is InChI=1S/C22H25N5O3/c1-17(28)15-27-22(29)26(16-23-27)20-5-3-18(4-6-20)24-11-13-25(14-12-24)19-7-9-21(30-2)10-8-19/h3-10,16H,11-15H2,1-2H3. The van der Waals surface area contributed by atoms with Crippen LogP contribution >= 0.6 is 0 Å². The first kappa shape index (κ1) is 19.8. The first-order chi connectivity index (χ1) is 14.5. The lowest BCUT2D eigenvalue weighted by Gasteiger charge is -2.37. The molecule has 0 aliphatic carbocycles. The van der Waals surface area contributed by atoms with Crippen LogP contribution in [0.15, 0.2) is 59.7 Å². The molecule has 1 aliphatic rings. The summed E-state index contributed by atoms with van der Waals surface area (Å²) in [5.41, 5.74) is 2.74. The largest absolute Gasteiger partial charge is 0.497 e. The second-order valence-corrected chi connectivity index (χ2v) is 7.33. The number of ketones is 1. The Balaban J connectivity index is 1.41. The molecule has 1 aromatic heterocycles. The zero-order valence-corrected chi connectivity index (χ0v) is 17.2. The highest BCUT2D eigenvalue weighted by Crippen LogP contribution is 2.23. The van der Waals surface area contributed by atoms with Crippen molar-refractivity contribution in [1.29, 1.82) is 0 Å². The molecule has 8 nitrogen and oxygen atoms in total. The van der Waals surface area contributed by atoms with Crippen LogP contribution in [0.4, 0.5) is 11.4 Å². The highest BCUT2D eigenvalue weighted by molar-refractivity contribution is 5.75. The van der Waals surface area contributed by atoms with Gasteiger partial charge in [0.25, 0.3) is 0 Å². The van der Waals surface area contributed by atoms with Gasteiger partial charge >= 0.3 is 5.69 Å². The fraction of sp³-hybridized carbons (Fsp3) is 0.318. The Labute approximate surface area is 174 Å². The minimum absolute atomic E-state index is 0.0115. The molecule has 0 saturated carbocycles. The molecule has 3 aromatic rings. The third-order valence-electron chi connectivity index (χ3n) is 5.32. The zero-order chi connectivity index (χ0) is 21.1. The highest BCUT2D eigenvalue weighted by atomic mass is 16.5.